The van der Waals surface area contributed by atoms with Gasteiger partial charge in [0.25, 0.3) is 15.9 Å². The Morgan fingerprint density at radius 2 is 1.77 bits per heavy atom. The van der Waals surface area contributed by atoms with Crippen molar-refractivity contribution in [2.45, 2.75) is 44.9 Å². The summed E-state index contributed by atoms with van der Waals surface area (Å²) in [5, 5.41) is 6.96. The van der Waals surface area contributed by atoms with Crippen molar-refractivity contribution in [3.63, 3.8) is 0 Å². The summed E-state index contributed by atoms with van der Waals surface area (Å²) in [6.45, 7) is 5.67. The molecule has 7 nitrogen and oxygen atoms in total. The van der Waals surface area contributed by atoms with Gasteiger partial charge in [0.1, 0.15) is 5.82 Å². The van der Waals surface area contributed by atoms with E-state index in [-0.39, 0.29) is 10.5 Å². The largest absolute Gasteiger partial charge is 0.307 e. The minimum absolute atomic E-state index is 0.0661. The van der Waals surface area contributed by atoms with E-state index in [1.807, 2.05) is 19.1 Å². The number of anilines is 2. The molecule has 164 valence electrons. The zero-order chi connectivity index (χ0) is 22.6. The Balaban J connectivity index is 1.81. The van der Waals surface area contributed by atoms with Crippen molar-refractivity contribution in [2.24, 2.45) is 7.05 Å². The highest BCUT2D eigenvalue weighted by Crippen LogP contribution is 2.22. The lowest BCUT2D eigenvalue weighted by Gasteiger charge is -2.13. The third-order valence-corrected chi connectivity index (χ3v) is 6.53. The van der Waals surface area contributed by atoms with Crippen LogP contribution in [0.5, 0.6) is 0 Å². The molecule has 3 rings (SSSR count). The topological polar surface area (TPSA) is 93.1 Å². The van der Waals surface area contributed by atoms with Crippen molar-refractivity contribution in [3.8, 4) is 0 Å². The smallest absolute Gasteiger partial charge is 0.262 e. The predicted octanol–water partition coefficient (Wildman–Crippen LogP) is 4.43. The summed E-state index contributed by atoms with van der Waals surface area (Å²) in [4.78, 5) is 12.7. The summed E-state index contributed by atoms with van der Waals surface area (Å²) in [5.74, 6) is 0.133. The first-order valence-electron chi connectivity index (χ1n) is 10.2. The van der Waals surface area contributed by atoms with Gasteiger partial charge in [-0.2, -0.15) is 5.10 Å². The molecule has 0 saturated heterocycles. The molecule has 0 unspecified atom stereocenters. The number of benzene rings is 2. The molecule has 0 aliphatic rings. The number of nitrogens with zero attached hydrogens (tertiary/aromatic N) is 2. The van der Waals surface area contributed by atoms with E-state index in [1.165, 1.54) is 11.6 Å². The Labute approximate surface area is 183 Å². The Morgan fingerprint density at radius 3 is 2.39 bits per heavy atom. The average Bonchev–Trinajstić information content (AvgIpc) is 3.04. The summed E-state index contributed by atoms with van der Waals surface area (Å²) < 4.78 is 30.2. The number of hydrogen-bond donors (Lipinski definition) is 2. The third kappa shape index (κ3) is 5.52. The summed E-state index contributed by atoms with van der Waals surface area (Å²) in [6, 6.07) is 13.8. The number of carbonyl (C=O) groups excluding carboxylic acids is 1. The standard InChI is InChI=1S/C23H28N4O3S/c1-5-6-7-18-9-12-20(13-10-18)26-31(29,30)21-15-19(11-8-16(21)2)23(28)24-22-14-17(3)25-27(22)4/h8-15,26H,5-7H2,1-4H3,(H,24,28). The molecule has 1 heterocycles. The molecule has 0 fully saturated rings. The van der Waals surface area contributed by atoms with Crippen molar-refractivity contribution in [1.29, 1.82) is 0 Å². The Bertz CT molecular complexity index is 1180. The summed E-state index contributed by atoms with van der Waals surface area (Å²) in [5.41, 5.74) is 3.24. The second-order valence-corrected chi connectivity index (χ2v) is 9.29. The van der Waals surface area contributed by atoms with Crippen molar-refractivity contribution in [2.75, 3.05) is 10.0 Å². The molecule has 0 radical (unpaired) electrons. The molecule has 0 spiro atoms. The number of hydrogen-bond acceptors (Lipinski definition) is 4. The first kappa shape index (κ1) is 22.6. The molecule has 31 heavy (non-hydrogen) atoms. The average molecular weight is 441 g/mol. The van der Waals surface area contributed by atoms with Gasteiger partial charge in [-0.05, 0) is 62.1 Å². The van der Waals surface area contributed by atoms with Crippen LogP contribution >= 0.6 is 0 Å². The van der Waals surface area contributed by atoms with Crippen LogP contribution in [0, 0.1) is 13.8 Å². The normalized spacial score (nSPS) is 11.4. The van der Waals surface area contributed by atoms with Gasteiger partial charge >= 0.3 is 0 Å². The number of aryl methyl sites for hydroxylation is 4. The monoisotopic (exact) mass is 440 g/mol. The van der Waals surface area contributed by atoms with Crippen LogP contribution in [0.15, 0.2) is 53.4 Å². The number of rotatable bonds is 8. The summed E-state index contributed by atoms with van der Waals surface area (Å²) >= 11 is 0. The highest BCUT2D eigenvalue weighted by molar-refractivity contribution is 7.92. The van der Waals surface area contributed by atoms with Gasteiger partial charge in [-0.15, -0.1) is 0 Å². The lowest BCUT2D eigenvalue weighted by atomic mass is 10.1. The number of unbranched alkanes of at least 4 members (excludes halogenated alkanes) is 1. The van der Waals surface area contributed by atoms with Crippen LogP contribution < -0.4 is 10.0 Å². The van der Waals surface area contributed by atoms with E-state index in [9.17, 15) is 13.2 Å². The number of amides is 1. The van der Waals surface area contributed by atoms with Crippen molar-refractivity contribution >= 4 is 27.4 Å². The molecule has 3 aromatic rings. The minimum Gasteiger partial charge on any atom is -0.307 e. The fourth-order valence-electron chi connectivity index (χ4n) is 3.28. The van der Waals surface area contributed by atoms with E-state index in [1.54, 1.807) is 49.0 Å². The van der Waals surface area contributed by atoms with E-state index in [4.69, 9.17) is 0 Å². The van der Waals surface area contributed by atoms with E-state index in [2.05, 4.69) is 22.1 Å². The molecule has 8 heteroatoms. The van der Waals surface area contributed by atoms with Gasteiger partial charge in [0.05, 0.1) is 10.6 Å². The van der Waals surface area contributed by atoms with Gasteiger partial charge in [-0.1, -0.05) is 31.5 Å². The van der Waals surface area contributed by atoms with Crippen LogP contribution in [0.1, 0.15) is 46.9 Å². The molecule has 1 aromatic heterocycles. The Hall–Kier alpha value is -3.13. The van der Waals surface area contributed by atoms with Crippen LogP contribution in [-0.4, -0.2) is 24.1 Å². The second-order valence-electron chi connectivity index (χ2n) is 7.63. The van der Waals surface area contributed by atoms with Gasteiger partial charge in [0.15, 0.2) is 0 Å². The maximum Gasteiger partial charge on any atom is 0.262 e. The molecule has 2 N–H and O–H groups in total. The molecule has 0 aliphatic carbocycles. The maximum atomic E-state index is 13.0. The van der Waals surface area contributed by atoms with Crippen molar-refractivity contribution < 1.29 is 13.2 Å². The van der Waals surface area contributed by atoms with E-state index in [0.717, 1.165) is 25.0 Å². The minimum atomic E-state index is -3.85. The predicted molar refractivity (Wildman–Crippen MR) is 123 cm³/mol. The second kappa shape index (κ2) is 9.34. The highest BCUT2D eigenvalue weighted by Gasteiger charge is 2.20. The fourth-order valence-corrected chi connectivity index (χ4v) is 4.61. The third-order valence-electron chi connectivity index (χ3n) is 5.01. The lowest BCUT2D eigenvalue weighted by Crippen LogP contribution is -2.18. The summed E-state index contributed by atoms with van der Waals surface area (Å²) in [7, 11) is -2.13. The Morgan fingerprint density at radius 1 is 1.06 bits per heavy atom. The van der Waals surface area contributed by atoms with Gasteiger partial charge in [-0.3, -0.25) is 14.2 Å². The van der Waals surface area contributed by atoms with E-state index in [0.29, 0.717) is 17.1 Å². The Kier molecular flexibility index (Phi) is 6.80. The quantitative estimate of drug-likeness (QED) is 0.542. The maximum absolute atomic E-state index is 13.0. The number of carbonyl (C=O) groups is 1. The van der Waals surface area contributed by atoms with Crippen LogP contribution in [0.4, 0.5) is 11.5 Å². The van der Waals surface area contributed by atoms with E-state index >= 15 is 0 Å². The molecule has 2 aromatic carbocycles. The highest BCUT2D eigenvalue weighted by atomic mass is 32.2. The zero-order valence-electron chi connectivity index (χ0n) is 18.3. The molecule has 0 saturated carbocycles. The van der Waals surface area contributed by atoms with E-state index < -0.39 is 15.9 Å². The van der Waals surface area contributed by atoms with Gasteiger partial charge in [0.2, 0.25) is 0 Å². The molecule has 0 aliphatic heterocycles. The number of nitrogens with one attached hydrogen (secondary N) is 2. The fraction of sp³-hybridized carbons (Fsp3) is 0.304. The lowest BCUT2D eigenvalue weighted by molar-refractivity contribution is 0.102. The summed E-state index contributed by atoms with van der Waals surface area (Å²) in [6.07, 6.45) is 3.17. The van der Waals surface area contributed by atoms with Crippen LogP contribution in [-0.2, 0) is 23.5 Å². The first-order chi connectivity index (χ1) is 14.7. The first-order valence-corrected chi connectivity index (χ1v) is 11.7. The molecular weight excluding hydrogens is 412 g/mol. The molecule has 0 bridgehead atoms. The van der Waals surface area contributed by atoms with Crippen molar-refractivity contribution in [1.82, 2.24) is 9.78 Å². The SMILES string of the molecule is CCCCc1ccc(NS(=O)(=O)c2cc(C(=O)Nc3cc(C)nn3C)ccc2C)cc1. The van der Waals surface area contributed by atoms with Crippen LogP contribution in [0.25, 0.3) is 0 Å². The zero-order valence-corrected chi connectivity index (χ0v) is 19.1. The van der Waals surface area contributed by atoms with Gasteiger partial charge in [-0.25, -0.2) is 8.42 Å². The van der Waals surface area contributed by atoms with Crippen LogP contribution in [0.3, 0.4) is 0 Å². The molecular formula is C23H28N4O3S. The number of aromatic nitrogens is 2. The van der Waals surface area contributed by atoms with Crippen molar-refractivity contribution in [3.05, 3.63) is 70.9 Å². The van der Waals surface area contributed by atoms with Gasteiger partial charge < -0.3 is 5.32 Å². The molecule has 0 atom stereocenters. The number of sulfonamides is 1. The van der Waals surface area contributed by atoms with Crippen LogP contribution in [0.2, 0.25) is 0 Å². The van der Waals surface area contributed by atoms with Gasteiger partial charge in [0, 0.05) is 24.4 Å². The molecule has 1 amide bonds.